The van der Waals surface area contributed by atoms with E-state index in [0.29, 0.717) is 24.4 Å². The van der Waals surface area contributed by atoms with E-state index in [9.17, 15) is 13.2 Å². The molecule has 1 aliphatic rings. The van der Waals surface area contributed by atoms with Gasteiger partial charge in [0, 0.05) is 12.2 Å². The van der Waals surface area contributed by atoms with Crippen molar-refractivity contribution in [1.82, 2.24) is 0 Å². The normalized spacial score (nSPS) is 13.0. The van der Waals surface area contributed by atoms with E-state index in [2.05, 4.69) is 21.2 Å². The number of nitrogens with one attached hydrogen (secondary N) is 1. The first-order valence-corrected chi connectivity index (χ1v) is 13.0. The molecule has 0 aliphatic carbocycles. The first-order chi connectivity index (χ1) is 16.4. The largest absolute Gasteiger partial charge is 0.483 e. The number of sulfonamides is 1. The molecule has 0 fully saturated rings. The summed E-state index contributed by atoms with van der Waals surface area (Å²) >= 11 is 3.55. The van der Waals surface area contributed by atoms with Crippen molar-refractivity contribution in [3.05, 3.63) is 95.0 Å². The molecule has 0 radical (unpaired) electrons. The van der Waals surface area contributed by atoms with Gasteiger partial charge < -0.3 is 10.1 Å². The second kappa shape index (κ2) is 9.12. The summed E-state index contributed by atoms with van der Waals surface area (Å²) in [4.78, 5) is 12.6. The zero-order chi connectivity index (χ0) is 23.7. The van der Waals surface area contributed by atoms with E-state index >= 15 is 0 Å². The van der Waals surface area contributed by atoms with E-state index in [1.54, 1.807) is 12.1 Å². The summed E-state index contributed by atoms with van der Waals surface area (Å²) in [7, 11) is -3.68. The summed E-state index contributed by atoms with van der Waals surface area (Å²) in [6, 6.07) is 25.3. The van der Waals surface area contributed by atoms with Gasteiger partial charge in [-0.15, -0.1) is 0 Å². The van der Waals surface area contributed by atoms with E-state index < -0.39 is 10.0 Å². The highest BCUT2D eigenvalue weighted by molar-refractivity contribution is 9.10. The Morgan fingerprint density at radius 2 is 1.68 bits per heavy atom. The summed E-state index contributed by atoms with van der Waals surface area (Å²) in [6.07, 6.45) is 0.691. The molecular weight excluding hydrogens is 516 g/mol. The Bertz CT molecular complexity index is 1490. The molecule has 1 amide bonds. The molecule has 4 aromatic rings. The molecule has 0 atom stereocenters. The van der Waals surface area contributed by atoms with Crippen molar-refractivity contribution in [3.8, 4) is 5.75 Å². The van der Waals surface area contributed by atoms with Gasteiger partial charge in [-0.25, -0.2) is 8.42 Å². The molecule has 0 aromatic heterocycles. The van der Waals surface area contributed by atoms with E-state index in [4.69, 9.17) is 4.74 Å². The van der Waals surface area contributed by atoms with E-state index in [1.807, 2.05) is 60.7 Å². The molecule has 1 N–H and O–H groups in total. The van der Waals surface area contributed by atoms with Gasteiger partial charge in [-0.1, -0.05) is 48.5 Å². The molecule has 0 unspecified atom stereocenters. The number of halogens is 1. The molecule has 6 nitrogen and oxygen atoms in total. The van der Waals surface area contributed by atoms with Gasteiger partial charge in [-0.05, 0) is 75.1 Å². The number of fused-ring (bicyclic) bond motifs is 2. The van der Waals surface area contributed by atoms with Crippen molar-refractivity contribution in [1.29, 1.82) is 0 Å². The predicted octanol–water partition coefficient (Wildman–Crippen LogP) is 5.37. The second-order valence-electron chi connectivity index (χ2n) is 7.92. The highest BCUT2D eigenvalue weighted by Crippen LogP contribution is 2.34. The number of carbonyl (C=O) groups is 1. The van der Waals surface area contributed by atoms with Crippen LogP contribution in [0.25, 0.3) is 10.8 Å². The highest BCUT2D eigenvalue weighted by atomic mass is 79.9. The maximum Gasteiger partial charge on any atom is 0.264 e. The average molecular weight is 537 g/mol. The van der Waals surface area contributed by atoms with Crippen molar-refractivity contribution in [2.24, 2.45) is 0 Å². The zero-order valence-corrected chi connectivity index (χ0v) is 20.5. The van der Waals surface area contributed by atoms with Crippen molar-refractivity contribution >= 4 is 54.0 Å². The Labute approximate surface area is 206 Å². The van der Waals surface area contributed by atoms with Crippen LogP contribution in [0.2, 0.25) is 0 Å². The first-order valence-electron chi connectivity index (χ1n) is 10.7. The number of benzene rings is 4. The number of anilines is 2. The first kappa shape index (κ1) is 22.4. The number of carbonyl (C=O) groups excluding carboxylic acids is 1. The van der Waals surface area contributed by atoms with Crippen LogP contribution in [-0.2, 0) is 21.2 Å². The number of para-hydroxylation sites is 1. The summed E-state index contributed by atoms with van der Waals surface area (Å²) in [5.41, 5.74) is 2.23. The minimum atomic E-state index is -3.68. The molecule has 5 rings (SSSR count). The Hall–Kier alpha value is -3.36. The zero-order valence-electron chi connectivity index (χ0n) is 18.1. The number of hydrogen-bond donors (Lipinski definition) is 1. The lowest BCUT2D eigenvalue weighted by molar-refractivity contribution is -0.118. The second-order valence-corrected chi connectivity index (χ2v) is 10.6. The van der Waals surface area contributed by atoms with Crippen LogP contribution in [0.4, 0.5) is 11.4 Å². The van der Waals surface area contributed by atoms with Gasteiger partial charge in [0.1, 0.15) is 5.75 Å². The van der Waals surface area contributed by atoms with Gasteiger partial charge in [0.05, 0.1) is 15.1 Å². The third kappa shape index (κ3) is 4.26. The summed E-state index contributed by atoms with van der Waals surface area (Å²) in [5.74, 6) is 0.227. The fourth-order valence-electron chi connectivity index (χ4n) is 4.06. The number of rotatable bonds is 6. The number of hydrogen-bond acceptors (Lipinski definition) is 4. The van der Waals surface area contributed by atoms with Crippen LogP contribution in [0.5, 0.6) is 5.75 Å². The highest BCUT2D eigenvalue weighted by Gasteiger charge is 2.30. The van der Waals surface area contributed by atoms with Crippen LogP contribution in [0, 0.1) is 0 Å². The van der Waals surface area contributed by atoms with Crippen molar-refractivity contribution in [3.63, 3.8) is 0 Å². The fraction of sp³-hybridized carbons (Fsp3) is 0.115. The molecule has 34 heavy (non-hydrogen) atoms. The number of nitrogens with zero attached hydrogens (tertiary/aromatic N) is 1. The Kier molecular flexibility index (Phi) is 6.02. The molecule has 8 heteroatoms. The summed E-state index contributed by atoms with van der Waals surface area (Å²) in [5, 5.41) is 4.81. The smallest absolute Gasteiger partial charge is 0.264 e. The number of ether oxygens (including phenoxy) is 1. The number of amides is 1. The minimum absolute atomic E-state index is 0.179. The maximum atomic E-state index is 13.1. The van der Waals surface area contributed by atoms with Crippen LogP contribution < -0.4 is 14.4 Å². The maximum absolute atomic E-state index is 13.1. The van der Waals surface area contributed by atoms with E-state index in [0.717, 1.165) is 26.5 Å². The standard InChI is InChI=1S/C26H21BrN2O4S/c27-26-22-7-3-1-5-18(22)9-14-24(26)33-17-25(30)28-20-10-12-21(13-11-20)34(31,32)29-16-15-19-6-2-4-8-23(19)29/h1-14H,15-17H2,(H,28,30). The molecular formula is C26H21BrN2O4S. The minimum Gasteiger partial charge on any atom is -0.483 e. The molecule has 0 spiro atoms. The molecule has 1 aliphatic heterocycles. The van der Waals surface area contributed by atoms with Gasteiger partial charge >= 0.3 is 0 Å². The lowest BCUT2D eigenvalue weighted by Crippen LogP contribution is -2.29. The molecule has 0 saturated carbocycles. The summed E-state index contributed by atoms with van der Waals surface area (Å²) in [6.45, 7) is 0.239. The van der Waals surface area contributed by atoms with E-state index in [1.165, 1.54) is 16.4 Å². The Morgan fingerprint density at radius 1 is 0.941 bits per heavy atom. The van der Waals surface area contributed by atoms with Crippen LogP contribution in [-0.4, -0.2) is 27.5 Å². The molecule has 1 heterocycles. The van der Waals surface area contributed by atoms with E-state index in [-0.39, 0.29) is 17.4 Å². The topological polar surface area (TPSA) is 75.7 Å². The van der Waals surface area contributed by atoms with Gasteiger partial charge in [-0.2, -0.15) is 0 Å². The van der Waals surface area contributed by atoms with Crippen molar-refractivity contribution in [2.75, 3.05) is 22.8 Å². The fourth-order valence-corrected chi connectivity index (χ4v) is 6.17. The van der Waals surface area contributed by atoms with Crippen LogP contribution in [0.15, 0.2) is 94.3 Å². The molecule has 4 aromatic carbocycles. The summed E-state index contributed by atoms with van der Waals surface area (Å²) < 4.78 is 34.2. The quantitative estimate of drug-likeness (QED) is 0.359. The molecule has 0 saturated heterocycles. The lowest BCUT2D eigenvalue weighted by atomic mass is 10.1. The Morgan fingerprint density at radius 3 is 2.50 bits per heavy atom. The van der Waals surface area contributed by atoms with Crippen LogP contribution in [0.3, 0.4) is 0 Å². The van der Waals surface area contributed by atoms with Gasteiger partial charge in [0.25, 0.3) is 15.9 Å². The van der Waals surface area contributed by atoms with Crippen molar-refractivity contribution < 1.29 is 17.9 Å². The Balaban J connectivity index is 1.24. The van der Waals surface area contributed by atoms with Crippen LogP contribution >= 0.6 is 15.9 Å². The lowest BCUT2D eigenvalue weighted by Gasteiger charge is -2.19. The molecule has 0 bridgehead atoms. The average Bonchev–Trinajstić information content (AvgIpc) is 3.29. The SMILES string of the molecule is O=C(COc1ccc2ccccc2c1Br)Nc1ccc(S(=O)(=O)N2CCc3ccccc32)cc1. The third-order valence-corrected chi connectivity index (χ3v) is 8.40. The predicted molar refractivity (Wildman–Crippen MR) is 137 cm³/mol. The monoisotopic (exact) mass is 536 g/mol. The third-order valence-electron chi connectivity index (χ3n) is 5.76. The van der Waals surface area contributed by atoms with Gasteiger partial charge in [0.2, 0.25) is 0 Å². The van der Waals surface area contributed by atoms with Crippen molar-refractivity contribution in [2.45, 2.75) is 11.3 Å². The van der Waals surface area contributed by atoms with Gasteiger partial charge in [0.15, 0.2) is 6.61 Å². The van der Waals surface area contributed by atoms with Crippen LogP contribution in [0.1, 0.15) is 5.56 Å². The van der Waals surface area contributed by atoms with Gasteiger partial charge in [-0.3, -0.25) is 9.10 Å². The molecule has 172 valence electrons.